The number of ether oxygens (including phenoxy) is 2. The summed E-state index contributed by atoms with van der Waals surface area (Å²) in [4.78, 5) is 25.2. The molecule has 10 atom stereocenters. The Morgan fingerprint density at radius 3 is 2.24 bits per heavy atom. The van der Waals surface area contributed by atoms with Gasteiger partial charge in [-0.1, -0.05) is 26.2 Å². The molecular weight excluding hydrogens is 755 g/mol. The highest BCUT2D eigenvalue weighted by Gasteiger charge is 2.52. The minimum absolute atomic E-state index is 0.125. The number of aromatic nitrogens is 8. The first kappa shape index (κ1) is 37.9. The first-order chi connectivity index (χ1) is 24.6. The highest BCUT2D eigenvalue weighted by molar-refractivity contribution is 7.99. The summed E-state index contributed by atoms with van der Waals surface area (Å²) in [6.07, 6.45) is 2.23. The monoisotopic (exact) mass is 790 g/mol. The molecule has 25 heteroatoms. The van der Waals surface area contributed by atoms with Crippen LogP contribution in [0.1, 0.15) is 51.5 Å². The van der Waals surface area contributed by atoms with Crippen LogP contribution in [-0.4, -0.2) is 104 Å². The van der Waals surface area contributed by atoms with Crippen molar-refractivity contribution in [3.63, 3.8) is 0 Å². The van der Waals surface area contributed by atoms with E-state index >= 15 is 0 Å². The van der Waals surface area contributed by atoms with E-state index in [4.69, 9.17) is 24.3 Å². The third-order valence-corrected chi connectivity index (χ3v) is 11.9. The van der Waals surface area contributed by atoms with Gasteiger partial charge in [-0.15, -0.1) is 20.8 Å². The fourth-order valence-electron chi connectivity index (χ4n) is 5.47. The van der Waals surface area contributed by atoms with E-state index in [0.717, 1.165) is 31.4 Å². The lowest BCUT2D eigenvalue weighted by molar-refractivity contribution is -0.0475. The number of thioether (sulfide) groups is 1. The molecule has 3 unspecified atom stereocenters. The van der Waals surface area contributed by atoms with Crippen LogP contribution in [0.2, 0.25) is 0 Å². The predicted molar refractivity (Wildman–Crippen MR) is 177 cm³/mol. The van der Waals surface area contributed by atoms with E-state index in [9.17, 15) is 29.0 Å². The first-order valence-corrected chi connectivity index (χ1v) is 20.0. The van der Waals surface area contributed by atoms with Crippen LogP contribution in [0.25, 0.3) is 22.3 Å². The Morgan fingerprint density at radius 1 is 0.824 bits per heavy atom. The van der Waals surface area contributed by atoms with E-state index in [-0.39, 0.29) is 12.2 Å². The van der Waals surface area contributed by atoms with Crippen molar-refractivity contribution >= 4 is 64.7 Å². The van der Waals surface area contributed by atoms with Crippen LogP contribution in [0.3, 0.4) is 0 Å². The number of aliphatic hydroxyl groups is 3. The van der Waals surface area contributed by atoms with Gasteiger partial charge in [-0.2, -0.15) is 0 Å². The molecule has 4 aromatic rings. The van der Waals surface area contributed by atoms with Crippen molar-refractivity contribution in [2.45, 2.75) is 87.0 Å². The van der Waals surface area contributed by atoms with Gasteiger partial charge in [-0.3, -0.25) is 9.13 Å². The number of hydrogen-bond acceptors (Lipinski definition) is 20. The average molecular weight is 791 g/mol. The molecule has 2 aliphatic rings. The average Bonchev–Trinajstić information content (AvgIpc) is 3.88. The maximum absolute atomic E-state index is 12.3. The summed E-state index contributed by atoms with van der Waals surface area (Å²) < 4.78 is 70.7. The van der Waals surface area contributed by atoms with E-state index in [1.165, 1.54) is 29.9 Å². The Morgan fingerprint density at radius 2 is 1.49 bits per heavy atom. The Bertz CT molecular complexity index is 1870. The second-order valence-corrected chi connectivity index (χ2v) is 15.6. The number of nitrogens with zero attached hydrogens (tertiary/aromatic N) is 8. The molecule has 0 aromatic carbocycles. The normalized spacial score (nSPS) is 26.0. The van der Waals surface area contributed by atoms with Crippen molar-refractivity contribution < 1.29 is 56.2 Å². The van der Waals surface area contributed by atoms with Crippen molar-refractivity contribution in [2.24, 2.45) is 0 Å². The minimum atomic E-state index is -3.26. The first-order valence-electron chi connectivity index (χ1n) is 15.8. The Hall–Kier alpha value is -2.81. The molecule has 2 saturated heterocycles. The number of anilines is 1. The summed E-state index contributed by atoms with van der Waals surface area (Å²) in [6, 6.07) is 0. The summed E-state index contributed by atoms with van der Waals surface area (Å²) in [5.74, 6) is 1.04. The number of unbranched alkanes of at least 4 members (excludes halogenated alkanes) is 3. The van der Waals surface area contributed by atoms with Gasteiger partial charge < -0.3 is 30.5 Å². The Balaban J connectivity index is 0.936. The maximum Gasteiger partial charge on any atom is 0.798 e. The molecule has 0 spiro atoms. The molecule has 0 radical (unpaired) electrons. The highest BCUT2D eigenvalue weighted by Crippen LogP contribution is 2.47. The van der Waals surface area contributed by atoms with Gasteiger partial charge in [0.1, 0.15) is 72.6 Å². The van der Waals surface area contributed by atoms with E-state index < -0.39 is 81.0 Å². The van der Waals surface area contributed by atoms with Crippen LogP contribution in [0.4, 0.5) is 5.82 Å². The number of aliphatic hydroxyl groups excluding tert-OH is 3. The molecule has 4 aromatic heterocycles. The molecule has 2 fully saturated rings. The molecule has 21 nitrogen and oxygen atoms in total. The molecule has 6 rings (SSSR count). The van der Waals surface area contributed by atoms with E-state index in [1.807, 2.05) is 0 Å². The third-order valence-electron chi connectivity index (χ3n) is 8.03. The van der Waals surface area contributed by atoms with E-state index in [1.54, 1.807) is 16.3 Å². The summed E-state index contributed by atoms with van der Waals surface area (Å²) in [5, 5.41) is 32.5. The molecule has 2 aliphatic heterocycles. The predicted octanol–water partition coefficient (Wildman–Crippen LogP) is 3.23. The molecule has 0 aliphatic carbocycles. The van der Waals surface area contributed by atoms with Crippen LogP contribution < -0.4 is 5.73 Å². The third kappa shape index (κ3) is 8.88. The molecule has 0 bridgehead atoms. The zero-order chi connectivity index (χ0) is 36.1. The summed E-state index contributed by atoms with van der Waals surface area (Å²) in [6.45, 7) is 1.19. The summed E-state index contributed by atoms with van der Waals surface area (Å²) in [5.41, 5.74) is 7.48. The standard InChI is InChI=1S/C26H35N9O12P3S/c1-2-3-4-5-6-51-25-19-24(30-11-31-25)35(13-33-19)26-21(38)20(37)16(45-26)9-43-49(40)47-50(41)46-48(39)42-8-15-14(36)7-17(44-15)34-12-32-18-22(27)28-10-29-23(18)34/h10-17,20-21,26,36-38H,2-9H2,1H3,(H2,27,28,29)/q+3/t14-,15+,16-,17+,20-,21-,26-/m1/s1. The number of rotatable bonds is 18. The van der Waals surface area contributed by atoms with Crippen LogP contribution in [0.15, 0.2) is 30.3 Å². The van der Waals surface area contributed by atoms with Gasteiger partial charge in [0.25, 0.3) is 0 Å². The molecule has 0 amide bonds. The van der Waals surface area contributed by atoms with E-state index in [2.05, 4.69) is 45.4 Å². The Kier molecular flexibility index (Phi) is 12.9. The maximum atomic E-state index is 12.3. The summed E-state index contributed by atoms with van der Waals surface area (Å²) in [7, 11) is -9.45. The van der Waals surface area contributed by atoms with Gasteiger partial charge in [-0.25, -0.2) is 29.9 Å². The van der Waals surface area contributed by atoms with Gasteiger partial charge >= 0.3 is 24.8 Å². The molecule has 51 heavy (non-hydrogen) atoms. The van der Waals surface area contributed by atoms with E-state index in [0.29, 0.717) is 27.4 Å². The lowest BCUT2D eigenvalue weighted by Gasteiger charge is -2.16. The molecule has 5 N–H and O–H groups in total. The number of imidazole rings is 2. The number of fused-ring (bicyclic) bond motifs is 2. The molecule has 0 saturated carbocycles. The second-order valence-electron chi connectivity index (χ2n) is 11.4. The zero-order valence-electron chi connectivity index (χ0n) is 26.9. The number of hydrogen-bond donors (Lipinski definition) is 4. The second kappa shape index (κ2) is 17.3. The highest BCUT2D eigenvalue weighted by atomic mass is 32.2. The van der Waals surface area contributed by atoms with Crippen molar-refractivity contribution in [3.05, 3.63) is 25.3 Å². The SMILES string of the molecule is CCCCCCSc1ncnc2c1ncn2[C@@H]1O[C@H](CO[P+](=O)O[P+](=O)O[P+](=O)OC[C@@H]2O[C@H](n3cnc4c(N)ncnc43)C[C@H]2O)[C@@H](O)[C@H]1O. The van der Waals surface area contributed by atoms with Gasteiger partial charge in [0.05, 0.1) is 18.8 Å². The van der Waals surface area contributed by atoms with Crippen LogP contribution in [0.5, 0.6) is 0 Å². The Labute approximate surface area is 296 Å². The quantitative estimate of drug-likeness (QED) is 0.0487. The zero-order valence-corrected chi connectivity index (χ0v) is 30.4. The van der Waals surface area contributed by atoms with Gasteiger partial charge in [0.15, 0.2) is 32.0 Å². The van der Waals surface area contributed by atoms with Gasteiger partial charge in [-0.05, 0) is 12.2 Å². The van der Waals surface area contributed by atoms with Crippen LogP contribution in [0, 0.1) is 0 Å². The van der Waals surface area contributed by atoms with Crippen LogP contribution in [-0.2, 0) is 40.8 Å². The smallest absolute Gasteiger partial charge is 0.390 e. The van der Waals surface area contributed by atoms with Gasteiger partial charge in [0.2, 0.25) is 0 Å². The van der Waals surface area contributed by atoms with Crippen LogP contribution >= 0.6 is 36.5 Å². The van der Waals surface area contributed by atoms with Crippen molar-refractivity contribution in [3.8, 4) is 0 Å². The largest absolute Gasteiger partial charge is 0.798 e. The minimum Gasteiger partial charge on any atom is -0.390 e. The summed E-state index contributed by atoms with van der Waals surface area (Å²) >= 11 is 1.55. The molecule has 6 heterocycles. The fraction of sp³-hybridized carbons (Fsp3) is 0.615. The van der Waals surface area contributed by atoms with Crippen molar-refractivity contribution in [2.75, 3.05) is 24.7 Å². The lowest BCUT2D eigenvalue weighted by atomic mass is 10.1. The van der Waals surface area contributed by atoms with Crippen molar-refractivity contribution in [1.29, 1.82) is 0 Å². The van der Waals surface area contributed by atoms with Gasteiger partial charge in [0, 0.05) is 20.1 Å². The number of nitrogens with two attached hydrogens (primary N) is 1. The lowest BCUT2D eigenvalue weighted by Crippen LogP contribution is -2.33. The number of nitrogen functional groups attached to an aromatic ring is 1. The fourth-order valence-corrected chi connectivity index (χ4v) is 8.59. The molecular formula is C26H35N9O12P3S+3. The topological polar surface area (TPSA) is 280 Å². The molecule has 274 valence electrons. The van der Waals surface area contributed by atoms with Crippen molar-refractivity contribution in [1.82, 2.24) is 39.0 Å².